The summed E-state index contributed by atoms with van der Waals surface area (Å²) in [5, 5.41) is 3.54. The maximum absolute atomic E-state index is 12.5. The Morgan fingerprint density at radius 3 is 2.70 bits per heavy atom. The van der Waals surface area contributed by atoms with Crippen molar-refractivity contribution in [3.8, 4) is 5.75 Å². The van der Waals surface area contributed by atoms with Crippen molar-refractivity contribution in [2.24, 2.45) is 5.92 Å². The standard InChI is InChI=1S/C17H25ClN2O3/c1-12(2)15(20-6-8-23-9-7-20)11-19-17(21)14-10-13(18)4-5-16(14)22-3/h4-5,10,12,15H,6-9,11H2,1-3H3,(H,19,21). The van der Waals surface area contributed by atoms with Gasteiger partial charge in [-0.25, -0.2) is 0 Å². The van der Waals surface area contributed by atoms with Crippen molar-refractivity contribution in [2.75, 3.05) is 40.0 Å². The average Bonchev–Trinajstić information content (AvgIpc) is 2.55. The average molecular weight is 341 g/mol. The van der Waals surface area contributed by atoms with E-state index >= 15 is 0 Å². The van der Waals surface area contributed by atoms with E-state index in [1.807, 2.05) is 0 Å². The fourth-order valence-electron chi connectivity index (χ4n) is 2.85. The third kappa shape index (κ3) is 4.83. The molecule has 0 aromatic heterocycles. The summed E-state index contributed by atoms with van der Waals surface area (Å²) in [5.41, 5.74) is 0.462. The van der Waals surface area contributed by atoms with Gasteiger partial charge in [-0.1, -0.05) is 25.4 Å². The van der Waals surface area contributed by atoms with Crippen molar-refractivity contribution >= 4 is 17.5 Å². The zero-order chi connectivity index (χ0) is 16.8. The van der Waals surface area contributed by atoms with E-state index < -0.39 is 0 Å². The fraction of sp³-hybridized carbons (Fsp3) is 0.588. The van der Waals surface area contributed by atoms with Crippen LogP contribution < -0.4 is 10.1 Å². The second kappa shape index (κ2) is 8.52. The highest BCUT2D eigenvalue weighted by Gasteiger charge is 2.24. The van der Waals surface area contributed by atoms with Gasteiger partial charge in [0.1, 0.15) is 5.75 Å². The minimum Gasteiger partial charge on any atom is -0.496 e. The summed E-state index contributed by atoms with van der Waals surface area (Å²) >= 11 is 6.00. The third-order valence-electron chi connectivity index (χ3n) is 4.16. The molecular weight excluding hydrogens is 316 g/mol. The predicted molar refractivity (Wildman–Crippen MR) is 91.4 cm³/mol. The number of rotatable bonds is 6. The highest BCUT2D eigenvalue weighted by molar-refractivity contribution is 6.31. The van der Waals surface area contributed by atoms with Gasteiger partial charge < -0.3 is 14.8 Å². The lowest BCUT2D eigenvalue weighted by molar-refractivity contribution is 0.00672. The van der Waals surface area contributed by atoms with Crippen molar-refractivity contribution in [1.29, 1.82) is 0 Å². The molecular formula is C17H25ClN2O3. The highest BCUT2D eigenvalue weighted by atomic mass is 35.5. The summed E-state index contributed by atoms with van der Waals surface area (Å²) in [6.45, 7) is 8.24. The lowest BCUT2D eigenvalue weighted by Crippen LogP contribution is -2.51. The lowest BCUT2D eigenvalue weighted by atomic mass is 10.0. The number of benzene rings is 1. The van der Waals surface area contributed by atoms with Crippen molar-refractivity contribution < 1.29 is 14.3 Å². The highest BCUT2D eigenvalue weighted by Crippen LogP contribution is 2.22. The van der Waals surface area contributed by atoms with E-state index in [1.54, 1.807) is 25.3 Å². The summed E-state index contributed by atoms with van der Waals surface area (Å²) in [6.07, 6.45) is 0. The Kier molecular flexibility index (Phi) is 6.69. The minimum atomic E-state index is -0.164. The number of amides is 1. The Labute approximate surface area is 142 Å². The zero-order valence-corrected chi connectivity index (χ0v) is 14.7. The molecule has 0 bridgehead atoms. The number of methoxy groups -OCH3 is 1. The first kappa shape index (κ1) is 18.0. The molecule has 128 valence electrons. The number of carbonyl (C=O) groups is 1. The zero-order valence-electron chi connectivity index (χ0n) is 14.0. The molecule has 6 heteroatoms. The van der Waals surface area contributed by atoms with Crippen LogP contribution in [0.3, 0.4) is 0 Å². The van der Waals surface area contributed by atoms with Crippen LogP contribution in [0.2, 0.25) is 5.02 Å². The molecule has 1 aromatic rings. The van der Waals surface area contributed by atoms with Crippen LogP contribution in [-0.4, -0.2) is 56.8 Å². The Morgan fingerprint density at radius 1 is 1.39 bits per heavy atom. The molecule has 1 unspecified atom stereocenters. The van der Waals surface area contributed by atoms with Crippen molar-refractivity contribution in [1.82, 2.24) is 10.2 Å². The molecule has 1 aromatic carbocycles. The maximum Gasteiger partial charge on any atom is 0.255 e. The van der Waals surface area contributed by atoms with E-state index in [0.29, 0.717) is 28.8 Å². The first-order valence-electron chi connectivity index (χ1n) is 7.96. The second-order valence-corrected chi connectivity index (χ2v) is 6.45. The van der Waals surface area contributed by atoms with Crippen molar-refractivity contribution in [2.45, 2.75) is 19.9 Å². The molecule has 0 saturated carbocycles. The molecule has 5 nitrogen and oxygen atoms in total. The number of hydrogen-bond donors (Lipinski definition) is 1. The van der Waals surface area contributed by atoms with Gasteiger partial charge >= 0.3 is 0 Å². The molecule has 0 aliphatic carbocycles. The first-order chi connectivity index (χ1) is 11.0. The van der Waals surface area contributed by atoms with Gasteiger partial charge in [0.05, 0.1) is 25.9 Å². The Hall–Kier alpha value is -1.30. The summed E-state index contributed by atoms with van der Waals surface area (Å²) < 4.78 is 10.7. The molecule has 1 heterocycles. The van der Waals surface area contributed by atoms with Gasteiger partial charge in [-0.15, -0.1) is 0 Å². The SMILES string of the molecule is COc1ccc(Cl)cc1C(=O)NCC(C(C)C)N1CCOCC1. The Bertz CT molecular complexity index is 531. The number of halogens is 1. The molecule has 1 fully saturated rings. The van der Waals surface area contributed by atoms with E-state index in [0.717, 1.165) is 26.3 Å². The molecule has 1 atom stereocenters. The van der Waals surface area contributed by atoms with Crippen LogP contribution in [0, 0.1) is 5.92 Å². The largest absolute Gasteiger partial charge is 0.496 e. The number of ether oxygens (including phenoxy) is 2. The number of morpholine rings is 1. The fourth-order valence-corrected chi connectivity index (χ4v) is 3.02. The van der Waals surface area contributed by atoms with Crippen molar-refractivity contribution in [3.05, 3.63) is 28.8 Å². The van der Waals surface area contributed by atoms with Crippen LogP contribution in [0.25, 0.3) is 0 Å². The lowest BCUT2D eigenvalue weighted by Gasteiger charge is -2.36. The van der Waals surface area contributed by atoms with Gasteiger partial charge in [0.2, 0.25) is 0 Å². The van der Waals surface area contributed by atoms with E-state index in [1.165, 1.54) is 0 Å². The van der Waals surface area contributed by atoms with E-state index in [2.05, 4.69) is 24.1 Å². The quantitative estimate of drug-likeness (QED) is 0.864. The summed E-state index contributed by atoms with van der Waals surface area (Å²) in [4.78, 5) is 14.9. The third-order valence-corrected chi connectivity index (χ3v) is 4.40. The van der Waals surface area contributed by atoms with E-state index in [-0.39, 0.29) is 11.9 Å². The van der Waals surface area contributed by atoms with Crippen LogP contribution in [0.15, 0.2) is 18.2 Å². The van der Waals surface area contributed by atoms with Crippen LogP contribution in [-0.2, 0) is 4.74 Å². The smallest absolute Gasteiger partial charge is 0.255 e. The minimum absolute atomic E-state index is 0.164. The number of nitrogens with one attached hydrogen (secondary N) is 1. The number of carbonyl (C=O) groups excluding carboxylic acids is 1. The monoisotopic (exact) mass is 340 g/mol. The summed E-state index contributed by atoms with van der Waals surface area (Å²) in [6, 6.07) is 5.34. The summed E-state index contributed by atoms with van der Waals surface area (Å²) in [7, 11) is 1.55. The Balaban J connectivity index is 2.02. The number of hydrogen-bond acceptors (Lipinski definition) is 4. The van der Waals surface area contributed by atoms with E-state index in [4.69, 9.17) is 21.1 Å². The molecule has 1 amide bonds. The molecule has 1 saturated heterocycles. The van der Waals surface area contributed by atoms with Crippen LogP contribution in [0.1, 0.15) is 24.2 Å². The maximum atomic E-state index is 12.5. The number of nitrogens with zero attached hydrogens (tertiary/aromatic N) is 1. The first-order valence-corrected chi connectivity index (χ1v) is 8.34. The van der Waals surface area contributed by atoms with Gasteiger partial charge in [0.15, 0.2) is 0 Å². The van der Waals surface area contributed by atoms with Crippen LogP contribution in [0.4, 0.5) is 0 Å². The Morgan fingerprint density at radius 2 is 2.09 bits per heavy atom. The van der Waals surface area contributed by atoms with Crippen LogP contribution >= 0.6 is 11.6 Å². The van der Waals surface area contributed by atoms with Gasteiger partial charge in [-0.2, -0.15) is 0 Å². The predicted octanol–water partition coefficient (Wildman–Crippen LogP) is 2.44. The van der Waals surface area contributed by atoms with E-state index in [9.17, 15) is 4.79 Å². The molecule has 2 rings (SSSR count). The molecule has 1 aliphatic heterocycles. The van der Waals surface area contributed by atoms with Gasteiger partial charge in [-0.3, -0.25) is 9.69 Å². The van der Waals surface area contributed by atoms with Gasteiger partial charge in [0, 0.05) is 30.7 Å². The van der Waals surface area contributed by atoms with Gasteiger partial charge in [-0.05, 0) is 24.1 Å². The second-order valence-electron chi connectivity index (χ2n) is 6.01. The molecule has 0 spiro atoms. The topological polar surface area (TPSA) is 50.8 Å². The normalized spacial score (nSPS) is 17.1. The molecule has 1 aliphatic rings. The summed E-state index contributed by atoms with van der Waals surface area (Å²) in [5.74, 6) is 0.803. The van der Waals surface area contributed by atoms with Crippen LogP contribution in [0.5, 0.6) is 5.75 Å². The molecule has 23 heavy (non-hydrogen) atoms. The molecule has 1 N–H and O–H groups in total. The van der Waals surface area contributed by atoms with Crippen molar-refractivity contribution in [3.63, 3.8) is 0 Å². The molecule has 0 radical (unpaired) electrons. The van der Waals surface area contributed by atoms with Gasteiger partial charge in [0.25, 0.3) is 5.91 Å².